The Morgan fingerprint density at radius 2 is 2.38 bits per heavy atom. The molecule has 0 saturated carbocycles. The van der Waals surface area contributed by atoms with Gasteiger partial charge in [0.1, 0.15) is 12.0 Å². The van der Waals surface area contributed by atoms with Crippen molar-refractivity contribution < 1.29 is 5.11 Å². The highest BCUT2D eigenvalue weighted by molar-refractivity contribution is 6.32. The molecule has 6 heteroatoms. The number of nitrogen functional groups attached to an aromatic ring is 1. The summed E-state index contributed by atoms with van der Waals surface area (Å²) in [6.07, 6.45) is 0.844. The normalized spacial score (nSPS) is 12.5. The molecule has 0 aromatic carbocycles. The van der Waals surface area contributed by atoms with Crippen molar-refractivity contribution in [2.45, 2.75) is 13.0 Å². The summed E-state index contributed by atoms with van der Waals surface area (Å²) in [5, 5.41) is 12.0. The molecule has 1 aromatic rings. The van der Waals surface area contributed by atoms with Gasteiger partial charge in [-0.2, -0.15) is 0 Å². The summed E-state index contributed by atoms with van der Waals surface area (Å²) in [6, 6.07) is 0. The van der Waals surface area contributed by atoms with Gasteiger partial charge in [-0.05, 0) is 6.92 Å². The largest absolute Gasteiger partial charge is 0.393 e. The van der Waals surface area contributed by atoms with E-state index in [2.05, 4.69) is 15.3 Å². The molecule has 0 amide bonds. The van der Waals surface area contributed by atoms with Gasteiger partial charge in [-0.15, -0.1) is 0 Å². The number of anilines is 2. The number of aliphatic hydroxyl groups is 1. The van der Waals surface area contributed by atoms with E-state index in [9.17, 15) is 0 Å². The summed E-state index contributed by atoms with van der Waals surface area (Å²) in [5.41, 5.74) is 5.86. The Morgan fingerprint density at radius 3 is 3.00 bits per heavy atom. The van der Waals surface area contributed by atoms with Crippen molar-refractivity contribution >= 4 is 23.1 Å². The Labute approximate surface area is 81.0 Å². The summed E-state index contributed by atoms with van der Waals surface area (Å²) in [4.78, 5) is 7.56. The van der Waals surface area contributed by atoms with Crippen LogP contribution in [0.15, 0.2) is 6.33 Å². The van der Waals surface area contributed by atoms with Crippen molar-refractivity contribution in [2.75, 3.05) is 17.6 Å². The molecule has 1 aromatic heterocycles. The maximum absolute atomic E-state index is 8.99. The van der Waals surface area contributed by atoms with Gasteiger partial charge in [-0.1, -0.05) is 11.6 Å². The first-order valence-corrected chi connectivity index (χ1v) is 4.17. The minimum Gasteiger partial charge on any atom is -0.393 e. The number of hydrogen-bond donors (Lipinski definition) is 3. The summed E-state index contributed by atoms with van der Waals surface area (Å²) >= 11 is 5.65. The molecule has 0 aliphatic carbocycles. The maximum atomic E-state index is 8.99. The second-order valence-corrected chi connectivity index (χ2v) is 3.01. The molecule has 0 aliphatic heterocycles. The van der Waals surface area contributed by atoms with E-state index in [1.165, 1.54) is 6.33 Å². The summed E-state index contributed by atoms with van der Waals surface area (Å²) < 4.78 is 0. The predicted molar refractivity (Wildman–Crippen MR) is 51.6 cm³/mol. The van der Waals surface area contributed by atoms with Crippen LogP contribution in [0.1, 0.15) is 6.92 Å². The Morgan fingerprint density at radius 1 is 1.69 bits per heavy atom. The van der Waals surface area contributed by atoms with Crippen LogP contribution >= 0.6 is 11.6 Å². The second kappa shape index (κ2) is 4.25. The van der Waals surface area contributed by atoms with Gasteiger partial charge in [0.05, 0.1) is 6.10 Å². The topological polar surface area (TPSA) is 84.1 Å². The second-order valence-electron chi connectivity index (χ2n) is 2.66. The molecule has 0 fully saturated rings. The Kier molecular flexibility index (Phi) is 3.27. The zero-order chi connectivity index (χ0) is 9.84. The predicted octanol–water partition coefficient (Wildman–Crippen LogP) is 0.505. The monoisotopic (exact) mass is 202 g/mol. The van der Waals surface area contributed by atoms with Crippen molar-refractivity contribution in [3.63, 3.8) is 0 Å². The molecule has 0 spiro atoms. The van der Waals surface area contributed by atoms with E-state index < -0.39 is 6.10 Å². The average molecular weight is 203 g/mol. The van der Waals surface area contributed by atoms with Gasteiger partial charge < -0.3 is 16.2 Å². The van der Waals surface area contributed by atoms with E-state index in [0.717, 1.165) is 0 Å². The van der Waals surface area contributed by atoms with Crippen LogP contribution in [0.25, 0.3) is 0 Å². The standard InChI is InChI=1S/C7H11ClN4O/c1-4(13)2-10-7-5(9)6(8)11-3-12-7/h3-4,13H,2,9H2,1H3,(H,10,11,12). The first-order valence-electron chi connectivity index (χ1n) is 3.79. The Hall–Kier alpha value is -1.07. The number of nitrogens with zero attached hydrogens (tertiary/aromatic N) is 2. The van der Waals surface area contributed by atoms with E-state index in [0.29, 0.717) is 18.1 Å². The summed E-state index contributed by atoms with van der Waals surface area (Å²) in [7, 11) is 0. The van der Waals surface area contributed by atoms with Crippen molar-refractivity contribution in [3.8, 4) is 0 Å². The van der Waals surface area contributed by atoms with E-state index >= 15 is 0 Å². The third-order valence-corrected chi connectivity index (χ3v) is 1.70. The van der Waals surface area contributed by atoms with Gasteiger partial charge in [-0.25, -0.2) is 9.97 Å². The molecule has 1 unspecified atom stereocenters. The summed E-state index contributed by atoms with van der Waals surface area (Å²) in [6.45, 7) is 2.03. The molecule has 0 radical (unpaired) electrons. The van der Waals surface area contributed by atoms with Gasteiger partial charge in [0.25, 0.3) is 0 Å². The lowest BCUT2D eigenvalue weighted by molar-refractivity contribution is 0.208. The zero-order valence-electron chi connectivity index (χ0n) is 7.16. The van der Waals surface area contributed by atoms with E-state index in [1.807, 2.05) is 0 Å². The first kappa shape index (κ1) is 10.0. The molecule has 0 aliphatic rings. The van der Waals surface area contributed by atoms with Crippen molar-refractivity contribution in [1.82, 2.24) is 9.97 Å². The highest BCUT2D eigenvalue weighted by Crippen LogP contribution is 2.21. The number of aromatic nitrogens is 2. The molecule has 0 saturated heterocycles. The average Bonchev–Trinajstić information content (AvgIpc) is 2.07. The highest BCUT2D eigenvalue weighted by atomic mass is 35.5. The Bertz CT molecular complexity index is 292. The van der Waals surface area contributed by atoms with Crippen molar-refractivity contribution in [1.29, 1.82) is 0 Å². The molecule has 4 N–H and O–H groups in total. The van der Waals surface area contributed by atoms with Crippen molar-refractivity contribution in [2.24, 2.45) is 0 Å². The van der Waals surface area contributed by atoms with Crippen LogP contribution < -0.4 is 11.1 Å². The lowest BCUT2D eigenvalue weighted by Gasteiger charge is -2.09. The molecule has 5 nitrogen and oxygen atoms in total. The van der Waals surface area contributed by atoms with Crippen LogP contribution in [0.5, 0.6) is 0 Å². The van der Waals surface area contributed by atoms with Crippen molar-refractivity contribution in [3.05, 3.63) is 11.5 Å². The lowest BCUT2D eigenvalue weighted by Crippen LogP contribution is -2.17. The summed E-state index contributed by atoms with van der Waals surface area (Å²) in [5.74, 6) is 0.445. The third kappa shape index (κ3) is 2.71. The first-order chi connectivity index (χ1) is 6.11. The lowest BCUT2D eigenvalue weighted by atomic mass is 10.4. The van der Waals surface area contributed by atoms with Gasteiger partial charge in [0.2, 0.25) is 0 Å². The van der Waals surface area contributed by atoms with Crippen LogP contribution in [-0.4, -0.2) is 27.7 Å². The number of halogens is 1. The van der Waals surface area contributed by atoms with Gasteiger partial charge in [0.15, 0.2) is 11.0 Å². The van der Waals surface area contributed by atoms with E-state index in [1.54, 1.807) is 6.92 Å². The fourth-order valence-corrected chi connectivity index (χ4v) is 0.892. The molecule has 1 heterocycles. The van der Waals surface area contributed by atoms with Crippen LogP contribution in [0, 0.1) is 0 Å². The van der Waals surface area contributed by atoms with Gasteiger partial charge in [-0.3, -0.25) is 0 Å². The smallest absolute Gasteiger partial charge is 0.157 e. The number of nitrogens with two attached hydrogens (primary N) is 1. The van der Waals surface area contributed by atoms with E-state index in [4.69, 9.17) is 22.4 Å². The minimum absolute atomic E-state index is 0.211. The fourth-order valence-electron chi connectivity index (χ4n) is 0.759. The van der Waals surface area contributed by atoms with Crippen LogP contribution in [0.3, 0.4) is 0 Å². The van der Waals surface area contributed by atoms with E-state index in [-0.39, 0.29) is 5.15 Å². The number of nitrogens with one attached hydrogen (secondary N) is 1. The number of rotatable bonds is 3. The van der Waals surface area contributed by atoms with Crippen LogP contribution in [-0.2, 0) is 0 Å². The highest BCUT2D eigenvalue weighted by Gasteiger charge is 2.05. The van der Waals surface area contributed by atoms with Crippen LogP contribution in [0.2, 0.25) is 5.15 Å². The zero-order valence-corrected chi connectivity index (χ0v) is 7.91. The minimum atomic E-state index is -0.465. The van der Waals surface area contributed by atoms with Gasteiger partial charge >= 0.3 is 0 Å². The number of aliphatic hydroxyl groups excluding tert-OH is 1. The number of hydrogen-bond acceptors (Lipinski definition) is 5. The molecule has 0 bridgehead atoms. The molecule has 1 rings (SSSR count). The molecular weight excluding hydrogens is 192 g/mol. The molecule has 13 heavy (non-hydrogen) atoms. The third-order valence-electron chi connectivity index (χ3n) is 1.40. The Balaban J connectivity index is 2.71. The SMILES string of the molecule is CC(O)CNc1ncnc(Cl)c1N. The molecule has 72 valence electrons. The van der Waals surface area contributed by atoms with Crippen LogP contribution in [0.4, 0.5) is 11.5 Å². The molecule has 1 atom stereocenters. The quantitative estimate of drug-likeness (QED) is 0.622. The molecular formula is C7H11ClN4O. The fraction of sp³-hybridized carbons (Fsp3) is 0.429. The van der Waals surface area contributed by atoms with Gasteiger partial charge in [0, 0.05) is 6.54 Å². The maximum Gasteiger partial charge on any atom is 0.157 e.